The molecular weight excluding hydrogens is 431 g/mol. The molecule has 0 saturated carbocycles. The van der Waals surface area contributed by atoms with E-state index in [1.54, 1.807) is 24.8 Å². The molecule has 1 aromatic carbocycles. The van der Waals surface area contributed by atoms with Crippen LogP contribution in [0, 0.1) is 19.7 Å². The van der Waals surface area contributed by atoms with Crippen LogP contribution in [0.25, 0.3) is 11.6 Å². The minimum absolute atomic E-state index is 0.275. The highest BCUT2D eigenvalue weighted by Gasteiger charge is 2.29. The van der Waals surface area contributed by atoms with Crippen molar-refractivity contribution >= 4 is 35.1 Å². The highest BCUT2D eigenvalue weighted by molar-refractivity contribution is 6.34. The van der Waals surface area contributed by atoms with Gasteiger partial charge in [0.05, 0.1) is 31.0 Å². The molecule has 1 saturated heterocycles. The summed E-state index contributed by atoms with van der Waals surface area (Å²) in [6.07, 6.45) is 1.57. The number of aromatic amines is 1. The molecule has 1 fully saturated rings. The van der Waals surface area contributed by atoms with Crippen molar-refractivity contribution in [3.05, 3.63) is 52.1 Å². The van der Waals surface area contributed by atoms with Gasteiger partial charge in [-0.05, 0) is 43.7 Å². The molecule has 4 N–H and O–H groups in total. The molecule has 1 aromatic heterocycles. The van der Waals surface area contributed by atoms with E-state index < -0.39 is 24.4 Å². The van der Waals surface area contributed by atoms with Gasteiger partial charge in [-0.15, -0.1) is 0 Å². The molecule has 33 heavy (non-hydrogen) atoms. The number of nitrogens with zero attached hydrogens (tertiary/aromatic N) is 1. The van der Waals surface area contributed by atoms with E-state index in [9.17, 15) is 23.9 Å². The van der Waals surface area contributed by atoms with Gasteiger partial charge in [-0.2, -0.15) is 0 Å². The van der Waals surface area contributed by atoms with Crippen LogP contribution in [-0.2, 0) is 14.3 Å². The lowest BCUT2D eigenvalue weighted by Gasteiger charge is -2.30. The van der Waals surface area contributed by atoms with E-state index in [4.69, 9.17) is 4.74 Å². The highest BCUT2D eigenvalue weighted by atomic mass is 19.1. The number of morpholine rings is 1. The molecule has 2 aliphatic rings. The molecule has 0 unspecified atom stereocenters. The van der Waals surface area contributed by atoms with E-state index in [0.717, 1.165) is 0 Å². The molecule has 3 amide bonds. The summed E-state index contributed by atoms with van der Waals surface area (Å²) < 4.78 is 19.0. The standard InChI is InChI=1S/C23H25FN4O5/c1-12-18(10-16-15-9-14(24)3-4-17(15)26-21(16)30)25-13(2)20(12)22(31)27-19(11-29)23(32)28-5-7-33-8-6-28/h3-4,9-10,19,25,29H,5-8,11H2,1-2H3,(H,26,30)(H,27,31)/t19-/m0/s1. The van der Waals surface area contributed by atoms with Crippen LogP contribution in [0.4, 0.5) is 10.1 Å². The summed E-state index contributed by atoms with van der Waals surface area (Å²) in [6, 6.07) is 2.96. The molecule has 4 rings (SSSR count). The van der Waals surface area contributed by atoms with E-state index in [2.05, 4.69) is 15.6 Å². The molecule has 9 nitrogen and oxygen atoms in total. The lowest BCUT2D eigenvalue weighted by atomic mass is 10.0. The zero-order chi connectivity index (χ0) is 23.7. The number of aryl methyl sites for hydroxylation is 1. The third kappa shape index (κ3) is 4.39. The van der Waals surface area contributed by atoms with Gasteiger partial charge in [0.15, 0.2) is 0 Å². The number of aliphatic hydroxyl groups is 1. The Morgan fingerprint density at radius 3 is 2.73 bits per heavy atom. The van der Waals surface area contributed by atoms with Crippen LogP contribution in [0.5, 0.6) is 0 Å². The maximum atomic E-state index is 13.7. The maximum Gasteiger partial charge on any atom is 0.256 e. The first-order chi connectivity index (χ1) is 15.8. The zero-order valence-corrected chi connectivity index (χ0v) is 18.3. The molecular formula is C23H25FN4O5. The van der Waals surface area contributed by atoms with Crippen LogP contribution in [0.1, 0.15) is 32.9 Å². The largest absolute Gasteiger partial charge is 0.394 e. The van der Waals surface area contributed by atoms with Gasteiger partial charge in [0.2, 0.25) is 5.91 Å². The minimum Gasteiger partial charge on any atom is -0.394 e. The Morgan fingerprint density at radius 1 is 1.30 bits per heavy atom. The van der Waals surface area contributed by atoms with Gasteiger partial charge in [0.1, 0.15) is 11.9 Å². The Hall–Kier alpha value is -3.50. The van der Waals surface area contributed by atoms with Crippen LogP contribution in [0.3, 0.4) is 0 Å². The minimum atomic E-state index is -1.08. The van der Waals surface area contributed by atoms with E-state index >= 15 is 0 Å². The van der Waals surface area contributed by atoms with Crippen LogP contribution in [-0.4, -0.2) is 71.7 Å². The van der Waals surface area contributed by atoms with Crippen LogP contribution >= 0.6 is 0 Å². The molecule has 0 aliphatic carbocycles. The number of anilines is 1. The fraction of sp³-hybridized carbons (Fsp3) is 0.348. The molecule has 174 valence electrons. The average Bonchev–Trinajstić information content (AvgIpc) is 3.26. The lowest BCUT2D eigenvalue weighted by molar-refractivity contribution is -0.138. The van der Waals surface area contributed by atoms with Crippen LogP contribution < -0.4 is 10.6 Å². The third-order valence-corrected chi connectivity index (χ3v) is 5.87. The quantitative estimate of drug-likeness (QED) is 0.504. The number of fused-ring (bicyclic) bond motifs is 1. The van der Waals surface area contributed by atoms with Crippen molar-refractivity contribution in [1.29, 1.82) is 0 Å². The van der Waals surface area contributed by atoms with Gasteiger partial charge in [0.25, 0.3) is 11.8 Å². The number of carbonyl (C=O) groups is 3. The van der Waals surface area contributed by atoms with Crippen molar-refractivity contribution in [3.8, 4) is 0 Å². The summed E-state index contributed by atoms with van der Waals surface area (Å²) in [6.45, 7) is 4.49. The smallest absolute Gasteiger partial charge is 0.256 e. The van der Waals surface area contributed by atoms with E-state index in [1.165, 1.54) is 18.2 Å². The summed E-state index contributed by atoms with van der Waals surface area (Å²) >= 11 is 0. The second-order valence-corrected chi connectivity index (χ2v) is 8.01. The van der Waals surface area contributed by atoms with E-state index in [0.29, 0.717) is 60.1 Å². The van der Waals surface area contributed by atoms with Crippen molar-refractivity contribution < 1.29 is 28.6 Å². The number of carbonyl (C=O) groups excluding carboxylic acids is 3. The maximum absolute atomic E-state index is 13.7. The normalized spacial score (nSPS) is 17.6. The summed E-state index contributed by atoms with van der Waals surface area (Å²) in [5, 5.41) is 15.0. The Kier molecular flexibility index (Phi) is 6.30. The van der Waals surface area contributed by atoms with Crippen molar-refractivity contribution in [1.82, 2.24) is 15.2 Å². The first-order valence-electron chi connectivity index (χ1n) is 10.6. The molecule has 0 bridgehead atoms. The molecule has 2 aliphatic heterocycles. The number of aliphatic hydroxyl groups excluding tert-OH is 1. The van der Waals surface area contributed by atoms with Gasteiger partial charge in [-0.3, -0.25) is 14.4 Å². The van der Waals surface area contributed by atoms with Gasteiger partial charge < -0.3 is 30.4 Å². The Bertz CT molecular complexity index is 1150. The van der Waals surface area contributed by atoms with Crippen molar-refractivity contribution in [2.24, 2.45) is 0 Å². The predicted molar refractivity (Wildman–Crippen MR) is 119 cm³/mol. The number of aromatic nitrogens is 1. The number of amides is 3. The monoisotopic (exact) mass is 456 g/mol. The van der Waals surface area contributed by atoms with Gasteiger partial charge in [0, 0.05) is 35.7 Å². The average molecular weight is 456 g/mol. The van der Waals surface area contributed by atoms with E-state index in [-0.39, 0.29) is 17.4 Å². The SMILES string of the molecule is Cc1[nH]c(C=C2C(=O)Nc3ccc(F)cc32)c(C)c1C(=O)N[C@@H](CO)C(=O)N1CCOCC1. The molecule has 0 radical (unpaired) electrons. The lowest BCUT2D eigenvalue weighted by Crippen LogP contribution is -2.53. The second kappa shape index (κ2) is 9.16. The first kappa shape index (κ1) is 22.7. The summed E-state index contributed by atoms with van der Waals surface area (Å²) in [4.78, 5) is 42.8. The Labute approximate surface area is 189 Å². The van der Waals surface area contributed by atoms with Crippen molar-refractivity contribution in [3.63, 3.8) is 0 Å². The van der Waals surface area contributed by atoms with Crippen LogP contribution in [0.15, 0.2) is 18.2 Å². The van der Waals surface area contributed by atoms with Gasteiger partial charge >= 0.3 is 0 Å². The number of ether oxygens (including phenoxy) is 1. The van der Waals surface area contributed by atoms with Crippen molar-refractivity contribution in [2.45, 2.75) is 19.9 Å². The number of benzene rings is 1. The third-order valence-electron chi connectivity index (χ3n) is 5.87. The van der Waals surface area contributed by atoms with Crippen LogP contribution in [0.2, 0.25) is 0 Å². The number of rotatable bonds is 5. The molecule has 1 atom stereocenters. The highest BCUT2D eigenvalue weighted by Crippen LogP contribution is 2.34. The number of hydrogen-bond acceptors (Lipinski definition) is 5. The van der Waals surface area contributed by atoms with E-state index in [1.807, 2.05) is 0 Å². The number of nitrogens with one attached hydrogen (secondary N) is 3. The summed E-state index contributed by atoms with van der Waals surface area (Å²) in [5.41, 5.74) is 3.15. The second-order valence-electron chi connectivity index (χ2n) is 8.01. The number of H-pyrrole nitrogens is 1. The topological polar surface area (TPSA) is 124 Å². The summed E-state index contributed by atoms with van der Waals surface area (Å²) in [7, 11) is 0. The fourth-order valence-corrected chi connectivity index (χ4v) is 4.13. The van der Waals surface area contributed by atoms with Gasteiger partial charge in [-0.1, -0.05) is 0 Å². The number of hydrogen-bond donors (Lipinski definition) is 4. The summed E-state index contributed by atoms with van der Waals surface area (Å²) in [5.74, 6) is -1.72. The molecule has 3 heterocycles. The van der Waals surface area contributed by atoms with Crippen molar-refractivity contribution in [2.75, 3.05) is 38.2 Å². The van der Waals surface area contributed by atoms with Gasteiger partial charge in [-0.25, -0.2) is 4.39 Å². The molecule has 2 aromatic rings. The Morgan fingerprint density at radius 2 is 2.03 bits per heavy atom. The molecule has 0 spiro atoms. The fourth-order valence-electron chi connectivity index (χ4n) is 4.13. The Balaban J connectivity index is 1.58. The number of halogens is 1. The zero-order valence-electron chi connectivity index (χ0n) is 18.3. The predicted octanol–water partition coefficient (Wildman–Crippen LogP) is 1.21. The first-order valence-corrected chi connectivity index (χ1v) is 10.6. The molecule has 10 heteroatoms.